The first kappa shape index (κ1) is 23.6. The molecule has 1 amide bonds. The molecule has 1 atom stereocenters. The summed E-state index contributed by atoms with van der Waals surface area (Å²) in [4.78, 5) is 27.8. The van der Waals surface area contributed by atoms with Crippen molar-refractivity contribution in [3.63, 3.8) is 0 Å². The first-order valence-corrected chi connectivity index (χ1v) is 11.7. The van der Waals surface area contributed by atoms with Gasteiger partial charge in [0.25, 0.3) is 11.7 Å². The lowest BCUT2D eigenvalue weighted by molar-refractivity contribution is -0.140. The Kier molecular flexibility index (Phi) is 7.33. The van der Waals surface area contributed by atoms with E-state index in [1.54, 1.807) is 24.3 Å². The molecule has 0 aromatic heterocycles. The summed E-state index contributed by atoms with van der Waals surface area (Å²) in [5, 5.41) is 11.6. The van der Waals surface area contributed by atoms with Crippen molar-refractivity contribution in [2.45, 2.75) is 32.4 Å². The van der Waals surface area contributed by atoms with E-state index >= 15 is 0 Å². The van der Waals surface area contributed by atoms with E-state index in [1.165, 1.54) is 4.90 Å². The van der Waals surface area contributed by atoms with Crippen LogP contribution in [0.1, 0.15) is 42.5 Å². The van der Waals surface area contributed by atoms with Gasteiger partial charge >= 0.3 is 0 Å². The van der Waals surface area contributed by atoms with E-state index < -0.39 is 17.7 Å². The Labute approximate surface area is 204 Å². The molecule has 1 fully saturated rings. The van der Waals surface area contributed by atoms with Gasteiger partial charge in [0.2, 0.25) is 0 Å². The minimum absolute atomic E-state index is 0.0582. The van der Waals surface area contributed by atoms with Crippen molar-refractivity contribution in [3.8, 4) is 5.75 Å². The first-order valence-electron chi connectivity index (χ1n) is 11.3. The second kappa shape index (κ2) is 10.6. The number of rotatable bonds is 8. The Bertz CT molecular complexity index is 1190. The van der Waals surface area contributed by atoms with Crippen LogP contribution in [0.2, 0.25) is 5.02 Å². The van der Waals surface area contributed by atoms with Crippen LogP contribution in [0.15, 0.2) is 84.4 Å². The maximum atomic E-state index is 13.2. The number of hydrogen-bond acceptors (Lipinski definition) is 4. The van der Waals surface area contributed by atoms with Crippen LogP contribution in [0.25, 0.3) is 5.76 Å². The van der Waals surface area contributed by atoms with Crippen molar-refractivity contribution in [1.29, 1.82) is 0 Å². The van der Waals surface area contributed by atoms with Gasteiger partial charge < -0.3 is 14.7 Å². The number of Topliss-reactive ketones (excluding diaryl/α,β-unsaturated/α-hetero) is 1. The van der Waals surface area contributed by atoms with E-state index in [0.29, 0.717) is 22.8 Å². The maximum absolute atomic E-state index is 13.2. The van der Waals surface area contributed by atoms with Crippen LogP contribution < -0.4 is 4.74 Å². The van der Waals surface area contributed by atoms with Crippen LogP contribution in [0.4, 0.5) is 0 Å². The second-order valence-corrected chi connectivity index (χ2v) is 8.63. The van der Waals surface area contributed by atoms with Crippen LogP contribution in [0, 0.1) is 0 Å². The van der Waals surface area contributed by atoms with Gasteiger partial charge in [-0.05, 0) is 53.9 Å². The fraction of sp³-hybridized carbons (Fsp3) is 0.214. The highest BCUT2D eigenvalue weighted by Crippen LogP contribution is 2.40. The number of aliphatic hydroxyl groups is 1. The molecule has 3 aromatic rings. The monoisotopic (exact) mass is 475 g/mol. The number of halogens is 1. The van der Waals surface area contributed by atoms with Gasteiger partial charge in [-0.3, -0.25) is 9.59 Å². The molecule has 1 aliphatic heterocycles. The molecule has 0 saturated carbocycles. The summed E-state index contributed by atoms with van der Waals surface area (Å²) in [6, 6.07) is 22.6. The summed E-state index contributed by atoms with van der Waals surface area (Å²) in [5.74, 6) is -0.863. The smallest absolute Gasteiger partial charge is 0.295 e. The number of benzene rings is 3. The van der Waals surface area contributed by atoms with Crippen molar-refractivity contribution < 1.29 is 19.4 Å². The van der Waals surface area contributed by atoms with Gasteiger partial charge in [0.1, 0.15) is 11.5 Å². The zero-order valence-electron chi connectivity index (χ0n) is 18.9. The Balaban J connectivity index is 1.76. The predicted molar refractivity (Wildman–Crippen MR) is 133 cm³/mol. The Morgan fingerprint density at radius 1 is 0.971 bits per heavy atom. The number of carbonyl (C=O) groups excluding carboxylic acids is 2. The van der Waals surface area contributed by atoms with E-state index in [-0.39, 0.29) is 17.9 Å². The minimum atomic E-state index is -0.736. The standard InChI is InChI=1S/C28H26ClNO4/c1-2-3-17-34-23-15-11-20(12-16-23)25-24(26(31)21-9-13-22(29)14-10-21)27(32)28(33)30(25)18-19-7-5-4-6-8-19/h4-16,25,31H,2-3,17-18H2,1H3/b26-24+. The molecule has 1 saturated heterocycles. The lowest BCUT2D eigenvalue weighted by Gasteiger charge is -2.25. The minimum Gasteiger partial charge on any atom is -0.507 e. The number of nitrogens with zero attached hydrogens (tertiary/aromatic N) is 1. The SMILES string of the molecule is CCCCOc1ccc(C2/C(=C(\O)c3ccc(Cl)cc3)C(=O)C(=O)N2Cc2ccccc2)cc1. The van der Waals surface area contributed by atoms with Crippen LogP contribution in [0.5, 0.6) is 5.75 Å². The molecule has 0 aliphatic carbocycles. The average molecular weight is 476 g/mol. The van der Waals surface area contributed by atoms with Crippen molar-refractivity contribution in [3.05, 3.63) is 106 Å². The molecule has 0 bridgehead atoms. The molecule has 0 radical (unpaired) electrons. The van der Waals surface area contributed by atoms with E-state index in [4.69, 9.17) is 16.3 Å². The fourth-order valence-corrected chi connectivity index (χ4v) is 4.14. The lowest BCUT2D eigenvalue weighted by atomic mass is 9.95. The molecule has 1 unspecified atom stereocenters. The van der Waals surface area contributed by atoms with Gasteiger partial charge in [0.05, 0.1) is 18.2 Å². The maximum Gasteiger partial charge on any atom is 0.295 e. The number of hydrogen-bond donors (Lipinski definition) is 1. The molecule has 4 rings (SSSR count). The van der Waals surface area contributed by atoms with Gasteiger partial charge in [-0.2, -0.15) is 0 Å². The summed E-state index contributed by atoms with van der Waals surface area (Å²) < 4.78 is 5.76. The van der Waals surface area contributed by atoms with Gasteiger partial charge in [0, 0.05) is 17.1 Å². The third-order valence-electron chi connectivity index (χ3n) is 5.82. The molecular formula is C28H26ClNO4. The van der Waals surface area contributed by atoms with Crippen molar-refractivity contribution in [2.24, 2.45) is 0 Å². The number of likely N-dealkylation sites (tertiary alicyclic amines) is 1. The number of aliphatic hydroxyl groups excluding tert-OH is 1. The molecule has 174 valence electrons. The third kappa shape index (κ3) is 5.00. The van der Waals surface area contributed by atoms with Crippen molar-refractivity contribution in [1.82, 2.24) is 4.90 Å². The molecule has 5 nitrogen and oxygen atoms in total. The highest BCUT2D eigenvalue weighted by molar-refractivity contribution is 6.46. The molecular weight excluding hydrogens is 450 g/mol. The van der Waals surface area contributed by atoms with Crippen LogP contribution in [-0.4, -0.2) is 28.3 Å². The number of ketones is 1. The first-order chi connectivity index (χ1) is 16.5. The van der Waals surface area contributed by atoms with Crippen LogP contribution in [-0.2, 0) is 16.1 Å². The van der Waals surface area contributed by atoms with E-state index in [1.807, 2.05) is 54.6 Å². The largest absolute Gasteiger partial charge is 0.507 e. The highest BCUT2D eigenvalue weighted by atomic mass is 35.5. The van der Waals surface area contributed by atoms with Gasteiger partial charge in [-0.15, -0.1) is 0 Å². The average Bonchev–Trinajstić information content (AvgIpc) is 3.10. The van der Waals surface area contributed by atoms with Crippen molar-refractivity contribution in [2.75, 3.05) is 6.61 Å². The Morgan fingerprint density at radius 3 is 2.29 bits per heavy atom. The topological polar surface area (TPSA) is 66.8 Å². The summed E-state index contributed by atoms with van der Waals surface area (Å²) >= 11 is 5.99. The zero-order chi connectivity index (χ0) is 24.1. The highest BCUT2D eigenvalue weighted by Gasteiger charge is 2.46. The number of amides is 1. The molecule has 3 aromatic carbocycles. The number of unbranched alkanes of at least 4 members (excludes halogenated alkanes) is 1. The summed E-state index contributed by atoms with van der Waals surface area (Å²) in [6.45, 7) is 2.96. The van der Waals surface area contributed by atoms with E-state index in [9.17, 15) is 14.7 Å². The van der Waals surface area contributed by atoms with Gasteiger partial charge in [-0.25, -0.2) is 0 Å². The predicted octanol–water partition coefficient (Wildman–Crippen LogP) is 6.14. The molecule has 1 heterocycles. The molecule has 1 aliphatic rings. The zero-order valence-corrected chi connectivity index (χ0v) is 19.7. The van der Waals surface area contributed by atoms with Crippen molar-refractivity contribution >= 4 is 29.1 Å². The molecule has 0 spiro atoms. The molecule has 34 heavy (non-hydrogen) atoms. The normalized spacial score (nSPS) is 17.2. The lowest BCUT2D eigenvalue weighted by Crippen LogP contribution is -2.29. The van der Waals surface area contributed by atoms with E-state index in [2.05, 4.69) is 6.92 Å². The summed E-state index contributed by atoms with van der Waals surface area (Å²) in [5.41, 5.74) is 2.09. The van der Waals surface area contributed by atoms with Gasteiger partial charge in [0.15, 0.2) is 0 Å². The summed E-state index contributed by atoms with van der Waals surface area (Å²) in [6.07, 6.45) is 2.00. The van der Waals surface area contributed by atoms with Gasteiger partial charge in [-0.1, -0.05) is 67.4 Å². The number of ether oxygens (including phenoxy) is 1. The second-order valence-electron chi connectivity index (χ2n) is 8.19. The van der Waals surface area contributed by atoms with Crippen LogP contribution >= 0.6 is 11.6 Å². The third-order valence-corrected chi connectivity index (χ3v) is 6.07. The quantitative estimate of drug-likeness (QED) is 0.184. The van der Waals surface area contributed by atoms with Crippen LogP contribution in [0.3, 0.4) is 0 Å². The Hall–Kier alpha value is -3.57. The van der Waals surface area contributed by atoms with E-state index in [0.717, 1.165) is 24.2 Å². The molecule has 1 N–H and O–H groups in total. The summed E-state index contributed by atoms with van der Waals surface area (Å²) in [7, 11) is 0. The Morgan fingerprint density at radius 2 is 1.65 bits per heavy atom. The molecule has 6 heteroatoms. The fourth-order valence-electron chi connectivity index (χ4n) is 4.01. The number of carbonyl (C=O) groups is 2.